The molecule has 158 valence electrons. The SMILES string of the molecule is CCC(CC)(C(=O)N1CCC(c2n[nH]c(=S)n2C(C)C)CC1)c1ccc(Cl)cc1. The van der Waals surface area contributed by atoms with Gasteiger partial charge in [-0.3, -0.25) is 9.89 Å². The summed E-state index contributed by atoms with van der Waals surface area (Å²) in [6.45, 7) is 9.94. The van der Waals surface area contributed by atoms with Crippen LogP contribution in [-0.4, -0.2) is 38.7 Å². The van der Waals surface area contributed by atoms with Crippen molar-refractivity contribution in [2.75, 3.05) is 13.1 Å². The normalized spacial score (nSPS) is 15.9. The lowest BCUT2D eigenvalue weighted by atomic mass is 9.74. The minimum atomic E-state index is -0.491. The summed E-state index contributed by atoms with van der Waals surface area (Å²) < 4.78 is 2.78. The minimum Gasteiger partial charge on any atom is -0.342 e. The fourth-order valence-electron chi connectivity index (χ4n) is 4.60. The smallest absolute Gasteiger partial charge is 0.233 e. The van der Waals surface area contributed by atoms with E-state index in [0.717, 1.165) is 50.2 Å². The van der Waals surface area contributed by atoms with Gasteiger partial charge in [-0.15, -0.1) is 0 Å². The highest BCUT2D eigenvalue weighted by Gasteiger charge is 2.41. The van der Waals surface area contributed by atoms with Crippen LogP contribution in [0.5, 0.6) is 0 Å². The van der Waals surface area contributed by atoms with Crippen molar-refractivity contribution in [2.24, 2.45) is 0 Å². The molecule has 29 heavy (non-hydrogen) atoms. The lowest BCUT2D eigenvalue weighted by Gasteiger charge is -2.40. The van der Waals surface area contributed by atoms with Gasteiger partial charge in [-0.25, -0.2) is 0 Å². The zero-order valence-corrected chi connectivity index (χ0v) is 19.3. The molecule has 0 spiro atoms. The van der Waals surface area contributed by atoms with Gasteiger partial charge >= 0.3 is 0 Å². The molecular formula is C22H31ClN4OS. The summed E-state index contributed by atoms with van der Waals surface area (Å²) in [5, 5.41) is 8.14. The maximum Gasteiger partial charge on any atom is 0.233 e. The van der Waals surface area contributed by atoms with E-state index in [1.165, 1.54) is 0 Å². The number of piperidine rings is 1. The predicted molar refractivity (Wildman–Crippen MR) is 120 cm³/mol. The number of halogens is 1. The molecule has 0 saturated carbocycles. The zero-order valence-electron chi connectivity index (χ0n) is 17.7. The van der Waals surface area contributed by atoms with E-state index in [2.05, 4.69) is 42.5 Å². The number of amides is 1. The van der Waals surface area contributed by atoms with Crippen LogP contribution >= 0.6 is 23.8 Å². The van der Waals surface area contributed by atoms with Crippen molar-refractivity contribution in [2.45, 2.75) is 70.8 Å². The molecule has 7 heteroatoms. The molecule has 0 aliphatic carbocycles. The van der Waals surface area contributed by atoms with Crippen molar-refractivity contribution in [1.82, 2.24) is 19.7 Å². The Balaban J connectivity index is 1.78. The molecule has 1 saturated heterocycles. The Morgan fingerprint density at radius 1 is 1.24 bits per heavy atom. The second-order valence-electron chi connectivity index (χ2n) is 8.21. The fourth-order valence-corrected chi connectivity index (χ4v) is 5.08. The molecule has 1 aliphatic heterocycles. The summed E-state index contributed by atoms with van der Waals surface area (Å²) in [6, 6.07) is 8.03. The van der Waals surface area contributed by atoms with E-state index >= 15 is 0 Å². The van der Waals surface area contributed by atoms with E-state index < -0.39 is 5.41 Å². The van der Waals surface area contributed by atoms with Gasteiger partial charge < -0.3 is 9.47 Å². The predicted octanol–water partition coefficient (Wildman–Crippen LogP) is 5.64. The van der Waals surface area contributed by atoms with E-state index in [9.17, 15) is 4.79 Å². The number of nitrogens with zero attached hydrogens (tertiary/aromatic N) is 3. The topological polar surface area (TPSA) is 53.9 Å². The summed E-state index contributed by atoms with van der Waals surface area (Å²) in [5.74, 6) is 1.57. The molecule has 3 rings (SSSR count). The number of carbonyl (C=O) groups is 1. The third-order valence-corrected chi connectivity index (χ3v) is 6.95. The van der Waals surface area contributed by atoms with Crippen LogP contribution in [0.1, 0.15) is 76.7 Å². The Morgan fingerprint density at radius 3 is 2.34 bits per heavy atom. The van der Waals surface area contributed by atoms with Crippen molar-refractivity contribution in [3.63, 3.8) is 0 Å². The molecule has 5 nitrogen and oxygen atoms in total. The van der Waals surface area contributed by atoms with E-state index in [-0.39, 0.29) is 11.9 Å². The van der Waals surface area contributed by atoms with Crippen LogP contribution in [0.4, 0.5) is 0 Å². The number of hydrogen-bond acceptors (Lipinski definition) is 3. The van der Waals surface area contributed by atoms with Gasteiger partial charge in [0.25, 0.3) is 0 Å². The maximum absolute atomic E-state index is 13.6. The molecular weight excluding hydrogens is 404 g/mol. The summed E-state index contributed by atoms with van der Waals surface area (Å²) in [7, 11) is 0. The first-order valence-corrected chi connectivity index (χ1v) is 11.3. The van der Waals surface area contributed by atoms with Crippen molar-refractivity contribution in [1.29, 1.82) is 0 Å². The molecule has 0 radical (unpaired) electrons. The van der Waals surface area contributed by atoms with Gasteiger partial charge in [0, 0.05) is 30.1 Å². The average Bonchev–Trinajstić information content (AvgIpc) is 3.12. The minimum absolute atomic E-state index is 0.228. The number of carbonyl (C=O) groups excluding carboxylic acids is 1. The number of rotatable bonds is 6. The van der Waals surface area contributed by atoms with Gasteiger partial charge in [0.15, 0.2) is 4.77 Å². The number of H-pyrrole nitrogens is 1. The Labute approximate surface area is 183 Å². The summed E-state index contributed by atoms with van der Waals surface area (Å²) >= 11 is 11.5. The molecule has 1 fully saturated rings. The van der Waals surface area contributed by atoms with Gasteiger partial charge in [-0.05, 0) is 69.4 Å². The average molecular weight is 435 g/mol. The molecule has 2 heterocycles. The Hall–Kier alpha value is -1.66. The van der Waals surface area contributed by atoms with Crippen LogP contribution < -0.4 is 0 Å². The number of benzene rings is 1. The lowest BCUT2D eigenvalue weighted by molar-refractivity contribution is -0.139. The molecule has 1 aliphatic rings. The summed E-state index contributed by atoms with van der Waals surface area (Å²) in [5.41, 5.74) is 0.565. The molecule has 1 aromatic carbocycles. The number of nitrogens with one attached hydrogen (secondary N) is 1. The van der Waals surface area contributed by atoms with Gasteiger partial charge in [0.2, 0.25) is 5.91 Å². The third-order valence-electron chi connectivity index (χ3n) is 6.41. The number of likely N-dealkylation sites (tertiary alicyclic amines) is 1. The molecule has 1 N–H and O–H groups in total. The third kappa shape index (κ3) is 4.15. The second kappa shape index (κ2) is 9.00. The molecule has 2 aromatic rings. The first kappa shape index (κ1) is 22.0. The first-order valence-electron chi connectivity index (χ1n) is 10.6. The van der Waals surface area contributed by atoms with E-state index in [1.54, 1.807) is 0 Å². The van der Waals surface area contributed by atoms with E-state index in [4.69, 9.17) is 23.8 Å². The van der Waals surface area contributed by atoms with Crippen molar-refractivity contribution in [3.8, 4) is 0 Å². The zero-order chi connectivity index (χ0) is 21.2. The van der Waals surface area contributed by atoms with Crippen LogP contribution in [0.25, 0.3) is 0 Å². The van der Waals surface area contributed by atoms with Crippen LogP contribution in [0.2, 0.25) is 5.02 Å². The Bertz CT molecular complexity index is 890. The van der Waals surface area contributed by atoms with Crippen molar-refractivity contribution >= 4 is 29.7 Å². The van der Waals surface area contributed by atoms with Crippen LogP contribution in [-0.2, 0) is 10.2 Å². The highest BCUT2D eigenvalue weighted by Crippen LogP contribution is 2.37. The highest BCUT2D eigenvalue weighted by atomic mass is 35.5. The number of hydrogen-bond donors (Lipinski definition) is 1. The Kier molecular flexibility index (Phi) is 6.84. The molecule has 1 amide bonds. The molecule has 1 aromatic heterocycles. The lowest BCUT2D eigenvalue weighted by Crippen LogP contribution is -2.49. The van der Waals surface area contributed by atoms with Crippen LogP contribution in [0.3, 0.4) is 0 Å². The number of aromatic nitrogens is 3. The highest BCUT2D eigenvalue weighted by molar-refractivity contribution is 7.71. The van der Waals surface area contributed by atoms with Crippen molar-refractivity contribution < 1.29 is 4.79 Å². The van der Waals surface area contributed by atoms with Gasteiger partial charge in [0.1, 0.15) is 5.82 Å². The van der Waals surface area contributed by atoms with Gasteiger partial charge in [-0.1, -0.05) is 37.6 Å². The molecule has 0 unspecified atom stereocenters. The second-order valence-corrected chi connectivity index (χ2v) is 9.04. The maximum atomic E-state index is 13.6. The van der Waals surface area contributed by atoms with Crippen LogP contribution in [0, 0.1) is 4.77 Å². The van der Waals surface area contributed by atoms with Gasteiger partial charge in [-0.2, -0.15) is 5.10 Å². The standard InChI is InChI=1S/C22H31ClN4OS/c1-5-22(6-2,17-7-9-18(23)10-8-17)20(28)26-13-11-16(12-14-26)19-24-25-21(29)27(19)15(3)4/h7-10,15-16H,5-6,11-14H2,1-4H3,(H,25,29). The molecule has 0 bridgehead atoms. The number of aromatic amines is 1. The monoisotopic (exact) mass is 434 g/mol. The first-order chi connectivity index (χ1) is 13.8. The largest absolute Gasteiger partial charge is 0.342 e. The summed E-state index contributed by atoms with van der Waals surface area (Å²) in [4.78, 5) is 15.7. The Morgan fingerprint density at radius 2 is 1.83 bits per heavy atom. The quantitative estimate of drug-likeness (QED) is 0.598. The van der Waals surface area contributed by atoms with E-state index in [0.29, 0.717) is 15.7 Å². The fraction of sp³-hybridized carbons (Fsp3) is 0.591. The van der Waals surface area contributed by atoms with Crippen molar-refractivity contribution in [3.05, 3.63) is 45.4 Å². The summed E-state index contributed by atoms with van der Waals surface area (Å²) in [6.07, 6.45) is 3.36. The van der Waals surface area contributed by atoms with Crippen LogP contribution in [0.15, 0.2) is 24.3 Å². The van der Waals surface area contributed by atoms with E-state index in [1.807, 2.05) is 29.2 Å². The van der Waals surface area contributed by atoms with Gasteiger partial charge in [0.05, 0.1) is 5.41 Å². The molecule has 0 atom stereocenters.